The molecule has 0 aliphatic carbocycles. The van der Waals surface area contributed by atoms with Crippen LogP contribution in [0.1, 0.15) is 10.5 Å². The molecular formula is C10H12IN5O3. The number of nitrogens with two attached hydrogens (primary N) is 1. The molecule has 1 aromatic rings. The van der Waals surface area contributed by atoms with Crippen molar-refractivity contribution in [2.24, 2.45) is 0 Å². The monoisotopic (exact) mass is 377 g/mol. The molecule has 9 heteroatoms. The molecule has 1 heterocycles. The highest BCUT2D eigenvalue weighted by Crippen LogP contribution is 2.15. The fraction of sp³-hybridized carbons (Fsp3) is 0.200. The third-order valence-corrected chi connectivity index (χ3v) is 3.18. The van der Waals surface area contributed by atoms with Gasteiger partial charge in [0.05, 0.1) is 12.8 Å². The highest BCUT2D eigenvalue weighted by atomic mass is 127. The molecule has 102 valence electrons. The molecule has 0 saturated heterocycles. The van der Waals surface area contributed by atoms with Crippen LogP contribution in [0.15, 0.2) is 11.0 Å². The Morgan fingerprint density at radius 1 is 1.63 bits per heavy atom. The van der Waals surface area contributed by atoms with Crippen LogP contribution in [0.3, 0.4) is 0 Å². The van der Waals surface area contributed by atoms with Gasteiger partial charge in [0, 0.05) is 19.5 Å². The zero-order valence-electron chi connectivity index (χ0n) is 10.2. The molecule has 0 fully saturated rings. The van der Waals surface area contributed by atoms with Gasteiger partial charge < -0.3 is 21.2 Å². The van der Waals surface area contributed by atoms with E-state index in [1.807, 2.05) is 0 Å². The molecule has 0 amide bonds. The SMILES string of the molecule is CN/C=C(\C=N)n1nc(C(=O)OC)c(N)c(I)c1=O. The van der Waals surface area contributed by atoms with Crippen molar-refractivity contribution < 1.29 is 9.53 Å². The number of ether oxygens (including phenoxy) is 1. The molecule has 0 unspecified atom stereocenters. The van der Waals surface area contributed by atoms with Crippen LogP contribution in [0, 0.1) is 8.98 Å². The number of nitrogens with zero attached hydrogens (tertiary/aromatic N) is 2. The molecule has 0 saturated carbocycles. The fourth-order valence-corrected chi connectivity index (χ4v) is 1.73. The topological polar surface area (TPSA) is 123 Å². The first-order chi connectivity index (χ1) is 8.97. The number of methoxy groups -OCH3 is 1. The summed E-state index contributed by atoms with van der Waals surface area (Å²) < 4.78 is 5.59. The largest absolute Gasteiger partial charge is 0.464 e. The molecule has 0 aliphatic heterocycles. The Hall–Kier alpha value is -1.91. The van der Waals surface area contributed by atoms with Crippen LogP contribution in [-0.2, 0) is 4.74 Å². The van der Waals surface area contributed by atoms with Crippen LogP contribution in [0.25, 0.3) is 5.70 Å². The van der Waals surface area contributed by atoms with Crippen molar-refractivity contribution in [1.29, 1.82) is 5.41 Å². The van der Waals surface area contributed by atoms with E-state index in [-0.39, 0.29) is 20.6 Å². The summed E-state index contributed by atoms with van der Waals surface area (Å²) in [6.45, 7) is 0. The standard InChI is InChI=1S/C10H12IN5O3/c1-14-4-5(3-12)16-9(17)6(11)7(13)8(15-16)10(18)19-2/h3-4,12,14H,13H2,1-2H3/b5-4+,12-3?. The van der Waals surface area contributed by atoms with E-state index < -0.39 is 11.5 Å². The van der Waals surface area contributed by atoms with Crippen LogP contribution in [0.5, 0.6) is 0 Å². The molecule has 4 N–H and O–H groups in total. The van der Waals surface area contributed by atoms with Gasteiger partial charge in [-0.2, -0.15) is 9.78 Å². The minimum atomic E-state index is -0.752. The number of halogens is 1. The second-order valence-electron chi connectivity index (χ2n) is 3.29. The summed E-state index contributed by atoms with van der Waals surface area (Å²) in [5.74, 6) is -0.752. The number of allylic oxidation sites excluding steroid dienone is 1. The lowest BCUT2D eigenvalue weighted by atomic mass is 10.3. The van der Waals surface area contributed by atoms with E-state index in [9.17, 15) is 9.59 Å². The summed E-state index contributed by atoms with van der Waals surface area (Å²) in [5, 5.41) is 13.8. The Balaban J connectivity index is 3.63. The van der Waals surface area contributed by atoms with Gasteiger partial charge in [0.1, 0.15) is 9.27 Å². The van der Waals surface area contributed by atoms with Crippen LogP contribution < -0.4 is 16.6 Å². The number of carbonyl (C=O) groups is 1. The number of hydrogen-bond donors (Lipinski definition) is 3. The molecule has 1 rings (SSSR count). The third kappa shape index (κ3) is 2.92. The molecule has 0 spiro atoms. The predicted octanol–water partition coefficient (Wildman–Crippen LogP) is -0.116. The molecule has 0 bridgehead atoms. The van der Waals surface area contributed by atoms with E-state index in [1.54, 1.807) is 29.6 Å². The van der Waals surface area contributed by atoms with Gasteiger partial charge in [0.15, 0.2) is 5.69 Å². The Morgan fingerprint density at radius 3 is 2.74 bits per heavy atom. The number of esters is 1. The van der Waals surface area contributed by atoms with E-state index in [0.717, 1.165) is 10.9 Å². The Bertz CT molecular complexity index is 608. The molecule has 0 aliphatic rings. The zero-order chi connectivity index (χ0) is 14.6. The highest BCUT2D eigenvalue weighted by molar-refractivity contribution is 14.1. The van der Waals surface area contributed by atoms with Gasteiger partial charge in [-0.1, -0.05) is 0 Å². The van der Waals surface area contributed by atoms with Gasteiger partial charge in [-0.3, -0.25) is 4.79 Å². The molecule has 0 radical (unpaired) electrons. The van der Waals surface area contributed by atoms with Crippen molar-refractivity contribution in [1.82, 2.24) is 15.1 Å². The average molecular weight is 377 g/mol. The van der Waals surface area contributed by atoms with Gasteiger partial charge in [-0.15, -0.1) is 0 Å². The maximum absolute atomic E-state index is 12.0. The fourth-order valence-electron chi connectivity index (χ4n) is 1.25. The maximum Gasteiger partial charge on any atom is 0.360 e. The number of hydrogen-bond acceptors (Lipinski definition) is 7. The van der Waals surface area contributed by atoms with E-state index in [0.29, 0.717) is 0 Å². The van der Waals surface area contributed by atoms with Gasteiger partial charge in [-0.05, 0) is 22.6 Å². The highest BCUT2D eigenvalue weighted by Gasteiger charge is 2.20. The zero-order valence-corrected chi connectivity index (χ0v) is 12.4. The Kier molecular flexibility index (Phi) is 5.03. The minimum Gasteiger partial charge on any atom is -0.464 e. The van der Waals surface area contributed by atoms with Crippen molar-refractivity contribution in [2.45, 2.75) is 0 Å². The lowest BCUT2D eigenvalue weighted by Crippen LogP contribution is -2.30. The van der Waals surface area contributed by atoms with Crippen molar-refractivity contribution in [3.8, 4) is 0 Å². The Labute approximate surface area is 122 Å². The number of nitrogen functional groups attached to an aromatic ring is 1. The number of aromatic nitrogens is 2. The molecule has 8 nitrogen and oxygen atoms in total. The third-order valence-electron chi connectivity index (χ3n) is 2.14. The normalized spacial score (nSPS) is 11.0. The maximum atomic E-state index is 12.0. The van der Waals surface area contributed by atoms with Gasteiger partial charge in [0.25, 0.3) is 5.56 Å². The second-order valence-corrected chi connectivity index (χ2v) is 4.37. The van der Waals surface area contributed by atoms with E-state index in [2.05, 4.69) is 15.2 Å². The minimum absolute atomic E-state index is 0.0394. The number of carbonyl (C=O) groups excluding carboxylic acids is 1. The summed E-state index contributed by atoms with van der Waals surface area (Å²) in [5.41, 5.74) is 5.10. The van der Waals surface area contributed by atoms with Crippen molar-refractivity contribution in [3.05, 3.63) is 25.8 Å². The molecule has 0 aromatic carbocycles. The summed E-state index contributed by atoms with van der Waals surface area (Å²) in [6.07, 6.45) is 2.33. The summed E-state index contributed by atoms with van der Waals surface area (Å²) in [4.78, 5) is 23.6. The first kappa shape index (κ1) is 15.1. The molecular weight excluding hydrogens is 365 g/mol. The molecule has 19 heavy (non-hydrogen) atoms. The van der Waals surface area contributed by atoms with Crippen LogP contribution in [0.4, 0.5) is 5.69 Å². The van der Waals surface area contributed by atoms with Crippen LogP contribution >= 0.6 is 22.6 Å². The van der Waals surface area contributed by atoms with Crippen LogP contribution in [-0.4, -0.2) is 36.1 Å². The van der Waals surface area contributed by atoms with Gasteiger partial charge >= 0.3 is 5.97 Å². The number of nitrogens with one attached hydrogen (secondary N) is 2. The van der Waals surface area contributed by atoms with Gasteiger partial charge in [0.2, 0.25) is 0 Å². The van der Waals surface area contributed by atoms with Crippen LogP contribution in [0.2, 0.25) is 0 Å². The lowest BCUT2D eigenvalue weighted by molar-refractivity contribution is 0.0593. The van der Waals surface area contributed by atoms with E-state index in [1.165, 1.54) is 13.3 Å². The Morgan fingerprint density at radius 2 is 2.26 bits per heavy atom. The van der Waals surface area contributed by atoms with E-state index in [4.69, 9.17) is 11.1 Å². The molecule has 1 aromatic heterocycles. The average Bonchev–Trinajstić information content (AvgIpc) is 2.42. The second kappa shape index (κ2) is 6.31. The number of rotatable bonds is 4. The van der Waals surface area contributed by atoms with Crippen molar-refractivity contribution in [2.75, 3.05) is 19.9 Å². The summed E-state index contributed by atoms with van der Waals surface area (Å²) in [6, 6.07) is 0. The summed E-state index contributed by atoms with van der Waals surface area (Å²) in [7, 11) is 2.80. The molecule has 0 atom stereocenters. The first-order valence-electron chi connectivity index (χ1n) is 5.02. The lowest BCUT2D eigenvalue weighted by Gasteiger charge is -2.10. The smallest absolute Gasteiger partial charge is 0.360 e. The van der Waals surface area contributed by atoms with Gasteiger partial charge in [-0.25, -0.2) is 4.79 Å². The van der Waals surface area contributed by atoms with Crippen molar-refractivity contribution >= 4 is 46.2 Å². The summed E-state index contributed by atoms with van der Waals surface area (Å²) >= 11 is 1.72. The van der Waals surface area contributed by atoms with E-state index >= 15 is 0 Å². The first-order valence-corrected chi connectivity index (χ1v) is 6.10. The van der Waals surface area contributed by atoms with Crippen molar-refractivity contribution in [3.63, 3.8) is 0 Å². The quantitative estimate of drug-likeness (QED) is 0.382. The predicted molar refractivity (Wildman–Crippen MR) is 79.1 cm³/mol. The number of anilines is 1.